The van der Waals surface area contributed by atoms with Crippen LogP contribution in [0.2, 0.25) is 0 Å². The fraction of sp³-hybridized carbons (Fsp3) is 0.370. The van der Waals surface area contributed by atoms with Crippen LogP contribution in [0.5, 0.6) is 0 Å². The van der Waals surface area contributed by atoms with Gasteiger partial charge in [0.15, 0.2) is 0 Å². The van der Waals surface area contributed by atoms with E-state index in [1.54, 1.807) is 6.20 Å². The summed E-state index contributed by atoms with van der Waals surface area (Å²) in [6.07, 6.45) is 1.26. The summed E-state index contributed by atoms with van der Waals surface area (Å²) in [5.41, 5.74) is 4.00. The second-order valence-electron chi connectivity index (χ2n) is 9.56. The van der Waals surface area contributed by atoms with Gasteiger partial charge in [0.05, 0.1) is 5.69 Å². The van der Waals surface area contributed by atoms with E-state index in [0.717, 1.165) is 49.7 Å². The van der Waals surface area contributed by atoms with Gasteiger partial charge >= 0.3 is 6.09 Å². The van der Waals surface area contributed by atoms with Gasteiger partial charge in [-0.1, -0.05) is 19.1 Å². The lowest BCUT2D eigenvalue weighted by molar-refractivity contribution is 0.0636. The molecule has 0 saturated carbocycles. The van der Waals surface area contributed by atoms with Crippen molar-refractivity contribution >= 4 is 29.1 Å². The van der Waals surface area contributed by atoms with Crippen molar-refractivity contribution in [2.24, 2.45) is 0 Å². The summed E-state index contributed by atoms with van der Waals surface area (Å²) in [5.74, 6) is 0.530. The number of aromatic nitrogens is 2. The van der Waals surface area contributed by atoms with Gasteiger partial charge in [-0.05, 0) is 69.8 Å². The van der Waals surface area contributed by atoms with Crippen LogP contribution in [-0.2, 0) is 4.74 Å². The number of ether oxygens (including phenoxy) is 1. The molecule has 35 heavy (non-hydrogen) atoms. The van der Waals surface area contributed by atoms with Crippen molar-refractivity contribution < 1.29 is 9.53 Å². The Morgan fingerprint density at radius 2 is 1.60 bits per heavy atom. The Kier molecular flexibility index (Phi) is 7.51. The Labute approximate surface area is 207 Å². The zero-order valence-electron chi connectivity index (χ0n) is 20.9. The molecule has 0 bridgehead atoms. The number of amides is 1. The Hall–Kier alpha value is -3.65. The van der Waals surface area contributed by atoms with Crippen LogP contribution < -0.4 is 15.5 Å². The number of benzene rings is 2. The van der Waals surface area contributed by atoms with E-state index in [0.29, 0.717) is 11.6 Å². The molecule has 1 fully saturated rings. The van der Waals surface area contributed by atoms with Crippen LogP contribution in [0.1, 0.15) is 27.7 Å². The highest BCUT2D eigenvalue weighted by Gasteiger charge is 2.17. The summed E-state index contributed by atoms with van der Waals surface area (Å²) in [5, 5.41) is 6.04. The lowest BCUT2D eigenvalue weighted by Gasteiger charge is -2.35. The van der Waals surface area contributed by atoms with E-state index in [9.17, 15) is 4.79 Å². The zero-order valence-corrected chi connectivity index (χ0v) is 20.9. The Bertz CT molecular complexity index is 1120. The van der Waals surface area contributed by atoms with Crippen molar-refractivity contribution in [3.63, 3.8) is 0 Å². The molecule has 1 aliphatic heterocycles. The molecule has 0 atom stereocenters. The third kappa shape index (κ3) is 6.93. The number of hydrogen-bond donors (Lipinski definition) is 2. The molecule has 1 aliphatic rings. The second kappa shape index (κ2) is 10.7. The minimum Gasteiger partial charge on any atom is -0.444 e. The average Bonchev–Trinajstić information content (AvgIpc) is 2.84. The fourth-order valence-electron chi connectivity index (χ4n) is 3.93. The number of likely N-dealkylation sites (N-methyl/N-ethyl adjacent to an activating group) is 1. The minimum absolute atomic E-state index is 0.479. The smallest absolute Gasteiger partial charge is 0.412 e. The maximum atomic E-state index is 12.0. The van der Waals surface area contributed by atoms with Crippen LogP contribution in [0.15, 0.2) is 60.8 Å². The van der Waals surface area contributed by atoms with Crippen LogP contribution in [0.4, 0.5) is 27.8 Å². The van der Waals surface area contributed by atoms with Gasteiger partial charge in [0.2, 0.25) is 5.95 Å². The topological polar surface area (TPSA) is 82.6 Å². The van der Waals surface area contributed by atoms with Crippen LogP contribution in [0.25, 0.3) is 11.3 Å². The van der Waals surface area contributed by atoms with Gasteiger partial charge in [0.25, 0.3) is 0 Å². The van der Waals surface area contributed by atoms with Crippen LogP contribution in [-0.4, -0.2) is 59.3 Å². The van der Waals surface area contributed by atoms with Gasteiger partial charge in [-0.2, -0.15) is 0 Å². The van der Waals surface area contributed by atoms with E-state index in [4.69, 9.17) is 4.74 Å². The Morgan fingerprint density at radius 1 is 0.943 bits per heavy atom. The summed E-state index contributed by atoms with van der Waals surface area (Å²) in [6, 6.07) is 17.7. The van der Waals surface area contributed by atoms with Crippen molar-refractivity contribution in [3.8, 4) is 11.3 Å². The van der Waals surface area contributed by atoms with Crippen molar-refractivity contribution in [1.82, 2.24) is 14.9 Å². The van der Waals surface area contributed by atoms with E-state index in [2.05, 4.69) is 61.6 Å². The molecule has 0 unspecified atom stereocenters. The summed E-state index contributed by atoms with van der Waals surface area (Å²) < 4.78 is 5.30. The number of carbonyl (C=O) groups excluding carboxylic acids is 1. The molecule has 4 rings (SSSR count). The summed E-state index contributed by atoms with van der Waals surface area (Å²) in [6.45, 7) is 13.1. The minimum atomic E-state index is -0.543. The molecule has 2 aromatic carbocycles. The molecular weight excluding hydrogens is 440 g/mol. The second-order valence-corrected chi connectivity index (χ2v) is 9.56. The van der Waals surface area contributed by atoms with Gasteiger partial charge in [0.1, 0.15) is 5.60 Å². The number of carbonyl (C=O) groups is 1. The Balaban J connectivity index is 1.37. The van der Waals surface area contributed by atoms with Gasteiger partial charge < -0.3 is 19.9 Å². The standard InChI is InChI=1S/C27H34N6O2/c1-5-32-16-18-33(19-17-32)23-12-10-21(11-13-23)29-25-28-15-14-24(31-25)20-6-8-22(9-7-20)30-26(34)35-27(2,3)4/h6-15H,5,16-19H2,1-4H3,(H,30,34)(H,28,29,31). The van der Waals surface area contributed by atoms with Gasteiger partial charge in [-0.3, -0.25) is 5.32 Å². The SMILES string of the molecule is CCN1CCN(c2ccc(Nc3nccc(-c4ccc(NC(=O)OC(C)(C)C)cc4)n3)cc2)CC1. The lowest BCUT2D eigenvalue weighted by atomic mass is 10.1. The molecule has 0 aliphatic carbocycles. The molecule has 1 saturated heterocycles. The van der Waals surface area contributed by atoms with E-state index < -0.39 is 11.7 Å². The molecule has 2 N–H and O–H groups in total. The molecular formula is C27H34N6O2. The third-order valence-corrected chi connectivity index (χ3v) is 5.79. The molecule has 1 amide bonds. The average molecular weight is 475 g/mol. The molecule has 184 valence electrons. The number of hydrogen-bond acceptors (Lipinski definition) is 7. The van der Waals surface area contributed by atoms with E-state index >= 15 is 0 Å². The fourth-order valence-corrected chi connectivity index (χ4v) is 3.93. The number of anilines is 4. The van der Waals surface area contributed by atoms with E-state index in [1.807, 2.05) is 51.1 Å². The highest BCUT2D eigenvalue weighted by Crippen LogP contribution is 2.24. The molecule has 0 radical (unpaired) electrons. The normalized spacial score (nSPS) is 14.5. The molecule has 3 aromatic rings. The number of piperazine rings is 1. The molecule has 0 spiro atoms. The number of nitrogens with one attached hydrogen (secondary N) is 2. The zero-order chi connectivity index (χ0) is 24.8. The maximum absolute atomic E-state index is 12.0. The highest BCUT2D eigenvalue weighted by molar-refractivity contribution is 5.85. The first-order valence-electron chi connectivity index (χ1n) is 12.1. The van der Waals surface area contributed by atoms with Crippen LogP contribution in [0, 0.1) is 0 Å². The Morgan fingerprint density at radius 3 is 2.23 bits per heavy atom. The van der Waals surface area contributed by atoms with Crippen molar-refractivity contribution in [1.29, 1.82) is 0 Å². The quantitative estimate of drug-likeness (QED) is 0.497. The molecule has 2 heterocycles. The largest absolute Gasteiger partial charge is 0.444 e. The lowest BCUT2D eigenvalue weighted by Crippen LogP contribution is -2.46. The maximum Gasteiger partial charge on any atom is 0.412 e. The summed E-state index contributed by atoms with van der Waals surface area (Å²) in [7, 11) is 0. The molecule has 1 aromatic heterocycles. The van der Waals surface area contributed by atoms with E-state index in [1.165, 1.54) is 5.69 Å². The van der Waals surface area contributed by atoms with Gasteiger partial charge in [-0.25, -0.2) is 14.8 Å². The monoisotopic (exact) mass is 474 g/mol. The van der Waals surface area contributed by atoms with Crippen molar-refractivity contribution in [2.45, 2.75) is 33.3 Å². The van der Waals surface area contributed by atoms with Crippen molar-refractivity contribution in [3.05, 3.63) is 60.8 Å². The first-order valence-corrected chi connectivity index (χ1v) is 12.1. The highest BCUT2D eigenvalue weighted by atomic mass is 16.6. The number of nitrogens with zero attached hydrogens (tertiary/aromatic N) is 4. The molecule has 8 nitrogen and oxygen atoms in total. The van der Waals surface area contributed by atoms with Gasteiger partial charge in [-0.15, -0.1) is 0 Å². The van der Waals surface area contributed by atoms with Crippen LogP contribution >= 0.6 is 0 Å². The van der Waals surface area contributed by atoms with E-state index in [-0.39, 0.29) is 0 Å². The number of rotatable bonds is 6. The molecule has 8 heteroatoms. The predicted octanol–water partition coefficient (Wildman–Crippen LogP) is 5.38. The van der Waals surface area contributed by atoms with Gasteiger partial charge in [0, 0.05) is 55.0 Å². The van der Waals surface area contributed by atoms with Crippen LogP contribution in [0.3, 0.4) is 0 Å². The van der Waals surface area contributed by atoms with Crippen molar-refractivity contribution in [2.75, 3.05) is 48.3 Å². The first kappa shape index (κ1) is 24.5. The third-order valence-electron chi connectivity index (χ3n) is 5.79. The summed E-state index contributed by atoms with van der Waals surface area (Å²) >= 11 is 0. The first-order chi connectivity index (χ1) is 16.8. The predicted molar refractivity (Wildman–Crippen MR) is 141 cm³/mol. The summed E-state index contributed by atoms with van der Waals surface area (Å²) in [4.78, 5) is 25.9.